The first-order valence-corrected chi connectivity index (χ1v) is 8.61. The van der Waals surface area contributed by atoms with Gasteiger partial charge in [0.15, 0.2) is 5.82 Å². The van der Waals surface area contributed by atoms with E-state index in [1.54, 1.807) is 16.8 Å². The van der Waals surface area contributed by atoms with Crippen LogP contribution in [0.5, 0.6) is 0 Å². The average Bonchev–Trinajstić information content (AvgIpc) is 3.19. The minimum Gasteiger partial charge on any atom is -0.467 e. The summed E-state index contributed by atoms with van der Waals surface area (Å²) >= 11 is 9.47. The van der Waals surface area contributed by atoms with Gasteiger partial charge in [0, 0.05) is 0 Å². The van der Waals surface area contributed by atoms with Crippen LogP contribution in [0.2, 0.25) is 5.28 Å². The highest BCUT2D eigenvalue weighted by Gasteiger charge is 2.15. The maximum atomic E-state index is 12.0. The molecule has 6 nitrogen and oxygen atoms in total. The lowest BCUT2D eigenvalue weighted by Gasteiger charge is -2.06. The summed E-state index contributed by atoms with van der Waals surface area (Å²) in [6, 6.07) is 5.52. The third kappa shape index (κ3) is 4.47. The highest BCUT2D eigenvalue weighted by atomic mass is 79.9. The predicted octanol–water partition coefficient (Wildman–Crippen LogP) is 4.52. The smallest absolute Gasteiger partial charge is 0.345 e. The molecule has 3 aromatic heterocycles. The molecule has 0 saturated heterocycles. The van der Waals surface area contributed by atoms with Crippen molar-refractivity contribution in [1.82, 2.24) is 14.6 Å². The fourth-order valence-corrected chi connectivity index (χ4v) is 3.12. The van der Waals surface area contributed by atoms with Crippen molar-refractivity contribution in [1.29, 1.82) is 0 Å². The third-order valence-electron chi connectivity index (χ3n) is 3.46. The number of aryl methyl sites for hydroxylation is 1. The summed E-state index contributed by atoms with van der Waals surface area (Å²) in [6.45, 7) is -2.33. The van der Waals surface area contributed by atoms with Gasteiger partial charge in [0.2, 0.25) is 5.28 Å². The fraction of sp³-hybridized carbons (Fsp3) is 0.333. The summed E-state index contributed by atoms with van der Waals surface area (Å²) < 4.78 is 35.9. The van der Waals surface area contributed by atoms with E-state index in [1.807, 2.05) is 12.1 Å². The number of ether oxygens (including phenoxy) is 1. The number of aromatic nitrogens is 3. The number of fused-ring (bicyclic) bond motifs is 1. The van der Waals surface area contributed by atoms with Crippen molar-refractivity contribution >= 4 is 38.9 Å². The van der Waals surface area contributed by atoms with Crippen molar-refractivity contribution in [2.24, 2.45) is 0 Å². The summed E-state index contributed by atoms with van der Waals surface area (Å²) in [6.07, 6.45) is 2.59. The van der Waals surface area contributed by atoms with E-state index >= 15 is 0 Å². The van der Waals surface area contributed by atoms with Gasteiger partial charge in [0.25, 0.3) is 0 Å². The number of anilines is 1. The van der Waals surface area contributed by atoms with Crippen LogP contribution < -0.4 is 5.32 Å². The Morgan fingerprint density at radius 3 is 3.00 bits per heavy atom. The minimum atomic E-state index is -2.75. The first-order valence-electron chi connectivity index (χ1n) is 7.44. The summed E-state index contributed by atoms with van der Waals surface area (Å²) in [5.41, 5.74) is 1.61. The van der Waals surface area contributed by atoms with Gasteiger partial charge < -0.3 is 14.5 Å². The Bertz CT molecular complexity index is 842. The molecule has 3 rings (SSSR count). The zero-order valence-corrected chi connectivity index (χ0v) is 15.2. The lowest BCUT2D eigenvalue weighted by atomic mass is 10.2. The Balaban J connectivity index is 1.79. The highest BCUT2D eigenvalue weighted by molar-refractivity contribution is 9.10. The molecule has 134 valence electrons. The highest BCUT2D eigenvalue weighted by Crippen LogP contribution is 2.27. The molecule has 1 N–H and O–H groups in total. The molecule has 0 saturated carbocycles. The maximum absolute atomic E-state index is 12.0. The molecule has 0 aliphatic carbocycles. The van der Waals surface area contributed by atoms with Crippen LogP contribution >= 0.6 is 27.5 Å². The van der Waals surface area contributed by atoms with Gasteiger partial charge in [-0.15, -0.1) is 5.10 Å². The van der Waals surface area contributed by atoms with Crippen LogP contribution in [0.3, 0.4) is 0 Å². The zero-order valence-electron chi connectivity index (χ0n) is 12.9. The first kappa shape index (κ1) is 18.1. The number of alkyl halides is 2. The van der Waals surface area contributed by atoms with E-state index in [-0.39, 0.29) is 11.9 Å². The molecule has 0 spiro atoms. The van der Waals surface area contributed by atoms with E-state index < -0.39 is 6.61 Å². The molecular weight excluding hydrogens is 422 g/mol. The van der Waals surface area contributed by atoms with Crippen LogP contribution in [0.4, 0.5) is 14.6 Å². The van der Waals surface area contributed by atoms with Gasteiger partial charge in [0.1, 0.15) is 15.9 Å². The quantitative estimate of drug-likeness (QED) is 0.527. The van der Waals surface area contributed by atoms with Crippen molar-refractivity contribution in [3.05, 3.63) is 45.7 Å². The second kappa shape index (κ2) is 8.11. The van der Waals surface area contributed by atoms with E-state index in [0.29, 0.717) is 35.3 Å². The van der Waals surface area contributed by atoms with Crippen molar-refractivity contribution in [2.45, 2.75) is 26.0 Å². The molecule has 0 unspecified atom stereocenters. The molecule has 0 fully saturated rings. The minimum absolute atomic E-state index is 0.0215. The Labute approximate surface area is 155 Å². The van der Waals surface area contributed by atoms with E-state index in [9.17, 15) is 8.78 Å². The van der Waals surface area contributed by atoms with Gasteiger partial charge in [-0.3, -0.25) is 0 Å². The number of hydrogen-bond acceptors (Lipinski definition) is 5. The molecular formula is C15H14BrClF2N4O2. The molecule has 0 aliphatic rings. The van der Waals surface area contributed by atoms with Gasteiger partial charge in [-0.1, -0.05) is 0 Å². The van der Waals surface area contributed by atoms with E-state index in [1.165, 1.54) is 0 Å². The Morgan fingerprint density at radius 1 is 1.44 bits per heavy atom. The number of halogens is 4. The topological polar surface area (TPSA) is 64.6 Å². The van der Waals surface area contributed by atoms with Crippen LogP contribution in [0.1, 0.15) is 17.7 Å². The monoisotopic (exact) mass is 434 g/mol. The lowest BCUT2D eigenvalue weighted by Crippen LogP contribution is -2.05. The largest absolute Gasteiger partial charge is 0.467 e. The summed E-state index contributed by atoms with van der Waals surface area (Å²) in [7, 11) is 0. The number of rotatable bonds is 8. The lowest BCUT2D eigenvalue weighted by molar-refractivity contribution is -0.129. The molecule has 3 heterocycles. The second-order valence-corrected chi connectivity index (χ2v) is 6.24. The summed E-state index contributed by atoms with van der Waals surface area (Å²) in [4.78, 5) is 4.21. The van der Waals surface area contributed by atoms with Crippen LogP contribution in [-0.4, -0.2) is 27.8 Å². The standard InChI is InChI=1S/C15H14BrClF2N4O2/c16-12-9(3-1-6-25-15(18)19)7-11-13(21-14(17)22-23(11)12)20-8-10-4-2-5-24-10/h2,4-5,7,15H,1,3,6,8H2,(H,20,21,22). The van der Waals surface area contributed by atoms with Crippen LogP contribution in [0.15, 0.2) is 33.5 Å². The van der Waals surface area contributed by atoms with Gasteiger partial charge in [-0.25, -0.2) is 4.52 Å². The maximum Gasteiger partial charge on any atom is 0.345 e. The number of hydrogen-bond donors (Lipinski definition) is 1. The SMILES string of the molecule is FC(F)OCCCc1cc2c(NCc3ccco3)nc(Cl)nn2c1Br. The van der Waals surface area contributed by atoms with Crippen molar-refractivity contribution < 1.29 is 17.9 Å². The Morgan fingerprint density at radius 2 is 2.28 bits per heavy atom. The van der Waals surface area contributed by atoms with Gasteiger partial charge in [-0.05, 0) is 64.1 Å². The predicted molar refractivity (Wildman–Crippen MR) is 92.0 cm³/mol. The van der Waals surface area contributed by atoms with E-state index in [2.05, 4.69) is 36.1 Å². The molecule has 25 heavy (non-hydrogen) atoms. The van der Waals surface area contributed by atoms with E-state index in [4.69, 9.17) is 16.0 Å². The zero-order chi connectivity index (χ0) is 17.8. The van der Waals surface area contributed by atoms with Crippen molar-refractivity contribution in [3.8, 4) is 0 Å². The molecule has 0 amide bonds. The summed E-state index contributed by atoms with van der Waals surface area (Å²) in [5, 5.41) is 7.41. The molecule has 0 radical (unpaired) electrons. The summed E-state index contributed by atoms with van der Waals surface area (Å²) in [5.74, 6) is 1.30. The van der Waals surface area contributed by atoms with Crippen LogP contribution in [-0.2, 0) is 17.7 Å². The van der Waals surface area contributed by atoms with Crippen LogP contribution in [0, 0.1) is 0 Å². The molecule has 3 aromatic rings. The Kier molecular flexibility index (Phi) is 5.87. The van der Waals surface area contributed by atoms with Crippen LogP contribution in [0.25, 0.3) is 5.52 Å². The first-order chi connectivity index (χ1) is 12.0. The molecule has 0 bridgehead atoms. The number of nitrogens with zero attached hydrogens (tertiary/aromatic N) is 3. The van der Waals surface area contributed by atoms with Gasteiger partial charge >= 0.3 is 6.61 Å². The average molecular weight is 436 g/mol. The molecule has 0 atom stereocenters. The molecule has 10 heteroatoms. The number of furan rings is 1. The molecule has 0 aromatic carbocycles. The fourth-order valence-electron chi connectivity index (χ4n) is 2.37. The normalized spacial score (nSPS) is 11.6. The van der Waals surface area contributed by atoms with Gasteiger partial charge in [-0.2, -0.15) is 13.8 Å². The van der Waals surface area contributed by atoms with Gasteiger partial charge in [0.05, 0.1) is 19.4 Å². The number of nitrogens with one attached hydrogen (secondary N) is 1. The van der Waals surface area contributed by atoms with E-state index in [0.717, 1.165) is 11.3 Å². The Hall–Kier alpha value is -1.71. The van der Waals surface area contributed by atoms with Crippen molar-refractivity contribution in [3.63, 3.8) is 0 Å². The van der Waals surface area contributed by atoms with Crippen molar-refractivity contribution in [2.75, 3.05) is 11.9 Å². The second-order valence-electron chi connectivity index (χ2n) is 5.15. The third-order valence-corrected chi connectivity index (χ3v) is 4.47. The molecule has 0 aliphatic heterocycles.